The third kappa shape index (κ3) is 3.62. The van der Waals surface area contributed by atoms with Crippen LogP contribution in [0.4, 0.5) is 5.69 Å². The monoisotopic (exact) mass is 361 g/mol. The van der Waals surface area contributed by atoms with E-state index in [-0.39, 0.29) is 10.5 Å². The molecular formula is C16H15N3O5S. The second kappa shape index (κ2) is 6.54. The summed E-state index contributed by atoms with van der Waals surface area (Å²) in [5.74, 6) is -1.43. The molecular weight excluding hydrogens is 346 g/mol. The van der Waals surface area contributed by atoms with Crippen LogP contribution in [0.1, 0.15) is 22.1 Å². The molecule has 0 saturated carbocycles. The number of hydrogen-bond acceptors (Lipinski definition) is 6. The van der Waals surface area contributed by atoms with Gasteiger partial charge in [0.2, 0.25) is 10.0 Å². The van der Waals surface area contributed by atoms with E-state index in [0.29, 0.717) is 11.3 Å². The number of carbonyl (C=O) groups is 2. The number of esters is 1. The second-order valence-corrected chi connectivity index (χ2v) is 7.04. The molecule has 9 heteroatoms. The third-order valence-corrected chi connectivity index (χ3v) is 5.06. The largest absolute Gasteiger partial charge is 0.452 e. The molecule has 130 valence electrons. The minimum atomic E-state index is -3.64. The summed E-state index contributed by atoms with van der Waals surface area (Å²) < 4.78 is 31.9. The quantitative estimate of drug-likeness (QED) is 0.689. The van der Waals surface area contributed by atoms with Crippen molar-refractivity contribution in [1.82, 2.24) is 4.72 Å². The molecule has 0 bridgehead atoms. The van der Waals surface area contributed by atoms with Crippen LogP contribution in [0.25, 0.3) is 0 Å². The molecule has 1 aliphatic heterocycles. The van der Waals surface area contributed by atoms with Crippen molar-refractivity contribution in [2.75, 3.05) is 11.9 Å². The van der Waals surface area contributed by atoms with Crippen LogP contribution in [-0.2, 0) is 19.6 Å². The summed E-state index contributed by atoms with van der Waals surface area (Å²) in [7, 11) is -3.64. The number of nitrogens with two attached hydrogens (primary N) is 1. The van der Waals surface area contributed by atoms with Crippen LogP contribution in [0.15, 0.2) is 53.4 Å². The molecule has 1 aliphatic rings. The number of carbonyl (C=O) groups excluding carboxylic acids is 2. The van der Waals surface area contributed by atoms with Crippen molar-refractivity contribution in [3.63, 3.8) is 0 Å². The van der Waals surface area contributed by atoms with E-state index in [1.54, 1.807) is 30.3 Å². The Morgan fingerprint density at radius 3 is 2.44 bits per heavy atom. The number of benzene rings is 2. The van der Waals surface area contributed by atoms with Crippen LogP contribution in [-0.4, -0.2) is 26.9 Å². The van der Waals surface area contributed by atoms with Gasteiger partial charge in [0, 0.05) is 0 Å². The maximum absolute atomic E-state index is 12.3. The molecule has 2 aromatic rings. The van der Waals surface area contributed by atoms with Crippen molar-refractivity contribution in [2.24, 2.45) is 5.73 Å². The lowest BCUT2D eigenvalue weighted by atomic mass is 10.1. The molecule has 8 nitrogen and oxygen atoms in total. The number of nitrogens with one attached hydrogen (secondary N) is 2. The molecule has 1 amide bonds. The molecule has 25 heavy (non-hydrogen) atoms. The van der Waals surface area contributed by atoms with E-state index >= 15 is 0 Å². The normalized spacial score (nSPS) is 17.8. The summed E-state index contributed by atoms with van der Waals surface area (Å²) >= 11 is 0. The van der Waals surface area contributed by atoms with Gasteiger partial charge in [0.25, 0.3) is 5.91 Å². The number of para-hydroxylation sites is 1. The average molecular weight is 361 g/mol. The van der Waals surface area contributed by atoms with Crippen molar-refractivity contribution in [3.8, 4) is 0 Å². The van der Waals surface area contributed by atoms with E-state index in [1.165, 1.54) is 18.2 Å². The van der Waals surface area contributed by atoms with Gasteiger partial charge in [-0.05, 0) is 29.8 Å². The fourth-order valence-electron chi connectivity index (χ4n) is 2.41. The van der Waals surface area contributed by atoms with Gasteiger partial charge in [0.05, 0.1) is 11.3 Å². The summed E-state index contributed by atoms with van der Waals surface area (Å²) in [6.07, 6.45) is -0.671. The van der Waals surface area contributed by atoms with Crippen molar-refractivity contribution in [2.45, 2.75) is 11.1 Å². The van der Waals surface area contributed by atoms with Gasteiger partial charge in [0.15, 0.2) is 6.61 Å². The SMILES string of the molecule is NC(=O)COC(=O)c1ccc([C@@H]2Nc3ccccc3S(=O)(=O)N2)cc1. The number of anilines is 1. The van der Waals surface area contributed by atoms with Gasteiger partial charge in [-0.25, -0.2) is 13.2 Å². The molecule has 0 unspecified atom stereocenters. The maximum atomic E-state index is 12.3. The molecule has 0 spiro atoms. The maximum Gasteiger partial charge on any atom is 0.338 e. The highest BCUT2D eigenvalue weighted by Gasteiger charge is 2.29. The molecule has 0 aliphatic carbocycles. The standard InChI is InChI=1S/C16H15N3O5S/c17-14(20)9-24-16(21)11-7-5-10(6-8-11)15-18-12-3-1-2-4-13(12)25(22,23)19-15/h1-8,15,18-19H,9H2,(H2,17,20)/t15-/m1/s1. The van der Waals surface area contributed by atoms with Crippen molar-refractivity contribution >= 4 is 27.6 Å². The fourth-order valence-corrected chi connectivity index (χ4v) is 3.71. The Balaban J connectivity index is 1.80. The van der Waals surface area contributed by atoms with E-state index in [4.69, 9.17) is 10.5 Å². The first-order valence-corrected chi connectivity index (χ1v) is 8.78. The van der Waals surface area contributed by atoms with Gasteiger partial charge >= 0.3 is 5.97 Å². The highest BCUT2D eigenvalue weighted by molar-refractivity contribution is 7.89. The molecule has 0 fully saturated rings. The lowest BCUT2D eigenvalue weighted by Gasteiger charge is -2.28. The van der Waals surface area contributed by atoms with Crippen LogP contribution in [0, 0.1) is 0 Å². The Hall–Kier alpha value is -2.91. The Bertz CT molecular complexity index is 925. The van der Waals surface area contributed by atoms with Crippen LogP contribution in [0.2, 0.25) is 0 Å². The van der Waals surface area contributed by atoms with Gasteiger partial charge in [-0.15, -0.1) is 0 Å². The van der Waals surface area contributed by atoms with Gasteiger partial charge in [-0.3, -0.25) is 4.79 Å². The zero-order valence-electron chi connectivity index (χ0n) is 12.9. The minimum absolute atomic E-state index is 0.179. The van der Waals surface area contributed by atoms with Crippen molar-refractivity contribution < 1.29 is 22.7 Å². The van der Waals surface area contributed by atoms with Gasteiger partial charge in [-0.2, -0.15) is 4.72 Å². The molecule has 0 aromatic heterocycles. The molecule has 1 atom stereocenters. The first-order valence-electron chi connectivity index (χ1n) is 7.30. The number of fused-ring (bicyclic) bond motifs is 1. The summed E-state index contributed by atoms with van der Waals surface area (Å²) in [6, 6.07) is 12.7. The summed E-state index contributed by atoms with van der Waals surface area (Å²) in [5.41, 5.74) is 6.25. The summed E-state index contributed by atoms with van der Waals surface area (Å²) in [4.78, 5) is 22.6. The van der Waals surface area contributed by atoms with Crippen molar-refractivity contribution in [1.29, 1.82) is 0 Å². The zero-order valence-corrected chi connectivity index (χ0v) is 13.7. The van der Waals surface area contributed by atoms with E-state index in [2.05, 4.69) is 10.0 Å². The van der Waals surface area contributed by atoms with Crippen LogP contribution in [0.3, 0.4) is 0 Å². The number of hydrogen-bond donors (Lipinski definition) is 3. The third-order valence-electron chi connectivity index (χ3n) is 3.57. The van der Waals surface area contributed by atoms with Crippen LogP contribution >= 0.6 is 0 Å². The molecule has 3 rings (SSSR count). The predicted octanol–water partition coefficient (Wildman–Crippen LogP) is 0.731. The van der Waals surface area contributed by atoms with Crippen LogP contribution in [0.5, 0.6) is 0 Å². The zero-order chi connectivity index (χ0) is 18.0. The second-order valence-electron chi connectivity index (χ2n) is 5.36. The molecule has 1 heterocycles. The summed E-state index contributed by atoms with van der Waals surface area (Å²) in [5, 5.41) is 3.09. The molecule has 4 N–H and O–H groups in total. The van der Waals surface area contributed by atoms with Crippen molar-refractivity contribution in [3.05, 3.63) is 59.7 Å². The number of sulfonamides is 1. The Morgan fingerprint density at radius 1 is 1.08 bits per heavy atom. The van der Waals surface area contributed by atoms with E-state index in [0.717, 1.165) is 0 Å². The highest BCUT2D eigenvalue weighted by atomic mass is 32.2. The van der Waals surface area contributed by atoms with Gasteiger partial charge in [-0.1, -0.05) is 24.3 Å². The minimum Gasteiger partial charge on any atom is -0.452 e. The molecule has 2 aromatic carbocycles. The van der Waals surface area contributed by atoms with Gasteiger partial charge < -0.3 is 15.8 Å². The lowest BCUT2D eigenvalue weighted by molar-refractivity contribution is -0.121. The Morgan fingerprint density at radius 2 is 1.76 bits per heavy atom. The molecule has 0 radical (unpaired) electrons. The number of rotatable bonds is 4. The summed E-state index contributed by atoms with van der Waals surface area (Å²) in [6.45, 7) is -0.499. The number of primary amides is 1. The average Bonchev–Trinajstić information content (AvgIpc) is 2.59. The predicted molar refractivity (Wildman–Crippen MR) is 89.0 cm³/mol. The van der Waals surface area contributed by atoms with E-state index in [9.17, 15) is 18.0 Å². The Labute approximate surface area is 144 Å². The van der Waals surface area contributed by atoms with E-state index in [1.807, 2.05) is 0 Å². The van der Waals surface area contributed by atoms with Crippen LogP contribution < -0.4 is 15.8 Å². The number of ether oxygens (including phenoxy) is 1. The molecule has 0 saturated heterocycles. The lowest BCUT2D eigenvalue weighted by Crippen LogP contribution is -2.38. The van der Waals surface area contributed by atoms with Gasteiger partial charge in [0.1, 0.15) is 11.1 Å². The fraction of sp³-hybridized carbons (Fsp3) is 0.125. The topological polar surface area (TPSA) is 128 Å². The Kier molecular flexibility index (Phi) is 4.43. The highest BCUT2D eigenvalue weighted by Crippen LogP contribution is 2.30. The van der Waals surface area contributed by atoms with E-state index < -0.39 is 34.7 Å². The number of amides is 1. The smallest absolute Gasteiger partial charge is 0.338 e. The first kappa shape index (κ1) is 16.9. The first-order chi connectivity index (χ1) is 11.9.